The normalized spacial score (nSPS) is 22.9. The standard InChI is InChI=1S/C14H19NO3/c1-9-5-6-10(7-9)8-15-14(18)13-11(16)3-2-4-12(13)17/h2-4,9-10,16-17H,5-8H2,1H3,(H,15,18). The van der Waals surface area contributed by atoms with Crippen LogP contribution in [0.15, 0.2) is 18.2 Å². The van der Waals surface area contributed by atoms with E-state index in [1.165, 1.54) is 24.6 Å². The summed E-state index contributed by atoms with van der Waals surface area (Å²) in [5.41, 5.74) is -0.0384. The molecule has 0 aromatic heterocycles. The predicted molar refractivity (Wildman–Crippen MR) is 68.6 cm³/mol. The number of nitrogens with one attached hydrogen (secondary N) is 1. The molecule has 1 aromatic rings. The van der Waals surface area contributed by atoms with Crippen molar-refractivity contribution in [3.05, 3.63) is 23.8 Å². The van der Waals surface area contributed by atoms with Crippen LogP contribution < -0.4 is 5.32 Å². The van der Waals surface area contributed by atoms with Gasteiger partial charge in [-0.15, -0.1) is 0 Å². The fourth-order valence-corrected chi connectivity index (χ4v) is 2.60. The van der Waals surface area contributed by atoms with Crippen LogP contribution in [0.4, 0.5) is 0 Å². The monoisotopic (exact) mass is 249 g/mol. The molecule has 3 N–H and O–H groups in total. The summed E-state index contributed by atoms with van der Waals surface area (Å²) < 4.78 is 0. The number of hydrogen-bond donors (Lipinski definition) is 3. The summed E-state index contributed by atoms with van der Waals surface area (Å²) in [6.07, 6.45) is 3.48. The van der Waals surface area contributed by atoms with Crippen molar-refractivity contribution in [2.75, 3.05) is 6.54 Å². The topological polar surface area (TPSA) is 69.6 Å². The molecular weight excluding hydrogens is 230 g/mol. The van der Waals surface area contributed by atoms with E-state index in [4.69, 9.17) is 0 Å². The first-order valence-corrected chi connectivity index (χ1v) is 6.37. The quantitative estimate of drug-likeness (QED) is 0.769. The van der Waals surface area contributed by atoms with E-state index in [9.17, 15) is 15.0 Å². The second kappa shape index (κ2) is 5.29. The van der Waals surface area contributed by atoms with Gasteiger partial charge in [-0.05, 0) is 36.8 Å². The fraction of sp³-hybridized carbons (Fsp3) is 0.500. The third kappa shape index (κ3) is 2.75. The molecule has 0 radical (unpaired) electrons. The van der Waals surface area contributed by atoms with Gasteiger partial charge in [-0.1, -0.05) is 19.4 Å². The van der Waals surface area contributed by atoms with E-state index in [0.29, 0.717) is 12.5 Å². The summed E-state index contributed by atoms with van der Waals surface area (Å²) in [5, 5.41) is 21.9. The van der Waals surface area contributed by atoms with Gasteiger partial charge in [0.05, 0.1) is 0 Å². The first kappa shape index (κ1) is 12.7. The third-order valence-corrected chi connectivity index (χ3v) is 3.60. The van der Waals surface area contributed by atoms with Gasteiger partial charge in [0.25, 0.3) is 5.91 Å². The van der Waals surface area contributed by atoms with Crippen molar-refractivity contribution in [1.82, 2.24) is 5.32 Å². The molecule has 1 aromatic carbocycles. The number of phenols is 2. The van der Waals surface area contributed by atoms with E-state index in [1.54, 1.807) is 0 Å². The Labute approximate surface area is 107 Å². The smallest absolute Gasteiger partial charge is 0.258 e. The molecule has 1 aliphatic rings. The van der Waals surface area contributed by atoms with E-state index < -0.39 is 5.91 Å². The minimum Gasteiger partial charge on any atom is -0.507 e. The van der Waals surface area contributed by atoms with Crippen LogP contribution in [-0.4, -0.2) is 22.7 Å². The maximum atomic E-state index is 11.9. The Morgan fingerprint density at radius 2 is 2.00 bits per heavy atom. The van der Waals surface area contributed by atoms with Crippen molar-refractivity contribution in [2.45, 2.75) is 26.2 Å². The lowest BCUT2D eigenvalue weighted by molar-refractivity contribution is 0.0941. The molecule has 4 nitrogen and oxygen atoms in total. The van der Waals surface area contributed by atoms with Crippen molar-refractivity contribution < 1.29 is 15.0 Å². The zero-order valence-electron chi connectivity index (χ0n) is 10.5. The number of aromatic hydroxyl groups is 2. The number of hydrogen-bond acceptors (Lipinski definition) is 3. The van der Waals surface area contributed by atoms with Crippen molar-refractivity contribution in [3.63, 3.8) is 0 Å². The molecule has 1 saturated carbocycles. The second-order valence-corrected chi connectivity index (χ2v) is 5.17. The molecule has 0 aliphatic heterocycles. The van der Waals surface area contributed by atoms with Crippen LogP contribution in [0.3, 0.4) is 0 Å². The first-order valence-electron chi connectivity index (χ1n) is 6.37. The van der Waals surface area contributed by atoms with Gasteiger partial charge in [0.2, 0.25) is 0 Å². The lowest BCUT2D eigenvalue weighted by Crippen LogP contribution is -2.28. The number of carbonyl (C=O) groups is 1. The number of benzene rings is 1. The highest BCUT2D eigenvalue weighted by atomic mass is 16.3. The van der Waals surface area contributed by atoms with Gasteiger partial charge in [0, 0.05) is 6.54 Å². The Hall–Kier alpha value is -1.71. The molecule has 98 valence electrons. The van der Waals surface area contributed by atoms with Crippen LogP contribution in [0, 0.1) is 11.8 Å². The molecule has 2 unspecified atom stereocenters. The van der Waals surface area contributed by atoms with Crippen molar-refractivity contribution in [3.8, 4) is 11.5 Å². The number of carbonyl (C=O) groups excluding carboxylic acids is 1. The molecular formula is C14H19NO3. The van der Waals surface area contributed by atoms with Gasteiger partial charge in [-0.25, -0.2) is 0 Å². The highest BCUT2D eigenvalue weighted by Gasteiger charge is 2.23. The first-order chi connectivity index (χ1) is 8.58. The molecule has 2 atom stereocenters. The van der Waals surface area contributed by atoms with Crippen LogP contribution in [-0.2, 0) is 0 Å². The summed E-state index contributed by atoms with van der Waals surface area (Å²) in [5.74, 6) is 0.451. The maximum absolute atomic E-state index is 11.9. The molecule has 0 bridgehead atoms. The summed E-state index contributed by atoms with van der Waals surface area (Å²) in [7, 11) is 0. The summed E-state index contributed by atoms with van der Waals surface area (Å²) >= 11 is 0. The molecule has 18 heavy (non-hydrogen) atoms. The van der Waals surface area contributed by atoms with Gasteiger partial charge in [0.15, 0.2) is 0 Å². The zero-order chi connectivity index (χ0) is 13.1. The Bertz CT molecular complexity index is 424. The van der Waals surface area contributed by atoms with Crippen LogP contribution >= 0.6 is 0 Å². The van der Waals surface area contributed by atoms with Crippen LogP contribution in [0.2, 0.25) is 0 Å². The number of rotatable bonds is 3. The lowest BCUT2D eigenvalue weighted by Gasteiger charge is -2.12. The average Bonchev–Trinajstić information content (AvgIpc) is 2.72. The molecule has 1 fully saturated rings. The van der Waals surface area contributed by atoms with Crippen molar-refractivity contribution >= 4 is 5.91 Å². The lowest BCUT2D eigenvalue weighted by atomic mass is 10.1. The van der Waals surface area contributed by atoms with E-state index in [0.717, 1.165) is 18.8 Å². The molecule has 0 saturated heterocycles. The van der Waals surface area contributed by atoms with Gasteiger partial charge in [0.1, 0.15) is 17.1 Å². The highest BCUT2D eigenvalue weighted by Crippen LogP contribution is 2.30. The fourth-order valence-electron chi connectivity index (χ4n) is 2.60. The third-order valence-electron chi connectivity index (χ3n) is 3.60. The highest BCUT2D eigenvalue weighted by molar-refractivity contribution is 5.99. The molecule has 1 amide bonds. The second-order valence-electron chi connectivity index (χ2n) is 5.17. The predicted octanol–water partition coefficient (Wildman–Crippen LogP) is 2.26. The van der Waals surface area contributed by atoms with E-state index in [2.05, 4.69) is 12.2 Å². The van der Waals surface area contributed by atoms with E-state index in [-0.39, 0.29) is 17.1 Å². The Morgan fingerprint density at radius 3 is 2.56 bits per heavy atom. The van der Waals surface area contributed by atoms with Crippen molar-refractivity contribution in [2.24, 2.45) is 11.8 Å². The van der Waals surface area contributed by atoms with Crippen LogP contribution in [0.1, 0.15) is 36.5 Å². The Kier molecular flexibility index (Phi) is 3.75. The van der Waals surface area contributed by atoms with Gasteiger partial charge >= 0.3 is 0 Å². The maximum Gasteiger partial charge on any atom is 0.258 e. The summed E-state index contributed by atoms with van der Waals surface area (Å²) in [4.78, 5) is 11.9. The Morgan fingerprint density at radius 1 is 1.33 bits per heavy atom. The van der Waals surface area contributed by atoms with Gasteiger partial charge < -0.3 is 15.5 Å². The average molecular weight is 249 g/mol. The Balaban J connectivity index is 1.96. The number of amides is 1. The largest absolute Gasteiger partial charge is 0.507 e. The molecule has 1 aliphatic carbocycles. The minimum absolute atomic E-state index is 0.0384. The number of phenolic OH excluding ortho intramolecular Hbond substituents is 2. The molecule has 0 heterocycles. The molecule has 4 heteroatoms. The zero-order valence-corrected chi connectivity index (χ0v) is 10.5. The van der Waals surface area contributed by atoms with Crippen molar-refractivity contribution in [1.29, 1.82) is 0 Å². The van der Waals surface area contributed by atoms with Gasteiger partial charge in [-0.2, -0.15) is 0 Å². The SMILES string of the molecule is CC1CCC(CNC(=O)c2c(O)cccc2O)C1. The molecule has 2 rings (SSSR count). The minimum atomic E-state index is -0.412. The van der Waals surface area contributed by atoms with Gasteiger partial charge in [-0.3, -0.25) is 4.79 Å². The molecule has 0 spiro atoms. The van der Waals surface area contributed by atoms with Crippen LogP contribution in [0.25, 0.3) is 0 Å². The van der Waals surface area contributed by atoms with E-state index >= 15 is 0 Å². The van der Waals surface area contributed by atoms with E-state index in [1.807, 2.05) is 0 Å². The van der Waals surface area contributed by atoms with Crippen LogP contribution in [0.5, 0.6) is 11.5 Å². The summed E-state index contributed by atoms with van der Waals surface area (Å²) in [6.45, 7) is 2.83. The summed E-state index contributed by atoms with van der Waals surface area (Å²) in [6, 6.07) is 4.29.